The lowest BCUT2D eigenvalue weighted by Gasteiger charge is -2.49. The lowest BCUT2D eigenvalue weighted by Crippen LogP contribution is -2.62. The van der Waals surface area contributed by atoms with Crippen molar-refractivity contribution in [1.29, 1.82) is 0 Å². The Morgan fingerprint density at radius 2 is 1.69 bits per heavy atom. The fourth-order valence-electron chi connectivity index (χ4n) is 4.04. The van der Waals surface area contributed by atoms with Gasteiger partial charge < -0.3 is 5.32 Å². The molecule has 3 aliphatic heterocycles. The predicted octanol–water partition coefficient (Wildman–Crippen LogP) is 3.27. The summed E-state index contributed by atoms with van der Waals surface area (Å²) >= 11 is 0. The first-order valence-electron chi connectivity index (χ1n) is 9.25. The number of hydrogen-bond acceptors (Lipinski definition) is 4. The maximum absolute atomic E-state index is 12.7. The van der Waals surface area contributed by atoms with Gasteiger partial charge in [-0.05, 0) is 69.1 Å². The van der Waals surface area contributed by atoms with Crippen LogP contribution in [0.5, 0.6) is 11.5 Å². The number of benzene rings is 2. The molecule has 0 radical (unpaired) electrons. The van der Waals surface area contributed by atoms with Crippen LogP contribution in [0.2, 0.25) is 0 Å². The van der Waals surface area contributed by atoms with E-state index in [4.69, 9.17) is 9.78 Å². The summed E-state index contributed by atoms with van der Waals surface area (Å²) in [7, 11) is 0. The number of carbonyl (C=O) groups excluding carboxylic acids is 1. The van der Waals surface area contributed by atoms with Gasteiger partial charge in [-0.1, -0.05) is 24.3 Å². The molecule has 3 aliphatic rings. The standard InChI is InChI=1S/C21H24N2O3/c1-15-20(16-10-12-23(15)13-11-16)22-21(24)17-6-5-9-19(14-17)26-25-18-7-3-2-4-8-18/h2-9,14-16,20H,10-13H2,1H3,(H,22,24)/t15-,20-/m0/s1. The summed E-state index contributed by atoms with van der Waals surface area (Å²) in [5.41, 5.74) is 0.586. The molecule has 0 saturated carbocycles. The number of carbonyl (C=O) groups is 1. The van der Waals surface area contributed by atoms with Crippen LogP contribution in [0.15, 0.2) is 54.6 Å². The molecule has 136 valence electrons. The predicted molar refractivity (Wildman–Crippen MR) is 99.2 cm³/mol. The van der Waals surface area contributed by atoms with Gasteiger partial charge in [0, 0.05) is 17.6 Å². The summed E-state index contributed by atoms with van der Waals surface area (Å²) < 4.78 is 0. The van der Waals surface area contributed by atoms with E-state index in [0.29, 0.717) is 29.0 Å². The smallest absolute Gasteiger partial charge is 0.251 e. The molecule has 0 aromatic heterocycles. The summed E-state index contributed by atoms with van der Waals surface area (Å²) in [6.45, 7) is 4.51. The molecule has 3 fully saturated rings. The van der Waals surface area contributed by atoms with Crippen molar-refractivity contribution >= 4 is 5.91 Å². The number of amides is 1. The second-order valence-electron chi connectivity index (χ2n) is 7.12. The molecule has 5 rings (SSSR count). The molecule has 0 spiro atoms. The molecule has 26 heavy (non-hydrogen) atoms. The molecule has 1 N–H and O–H groups in total. The average Bonchev–Trinajstić information content (AvgIpc) is 2.70. The number of hydrogen-bond donors (Lipinski definition) is 1. The van der Waals surface area contributed by atoms with Gasteiger partial charge in [-0.25, -0.2) is 0 Å². The van der Waals surface area contributed by atoms with Crippen molar-refractivity contribution in [2.24, 2.45) is 5.92 Å². The van der Waals surface area contributed by atoms with Crippen molar-refractivity contribution in [2.75, 3.05) is 13.1 Å². The number of para-hydroxylation sites is 1. The van der Waals surface area contributed by atoms with Gasteiger partial charge in [-0.2, -0.15) is 0 Å². The molecule has 2 aromatic carbocycles. The lowest BCUT2D eigenvalue weighted by atomic mass is 9.79. The average molecular weight is 352 g/mol. The highest BCUT2D eigenvalue weighted by atomic mass is 17.2. The molecule has 0 unspecified atom stereocenters. The number of rotatable bonds is 5. The lowest BCUT2D eigenvalue weighted by molar-refractivity contribution is -0.0999. The quantitative estimate of drug-likeness (QED) is 0.663. The highest BCUT2D eigenvalue weighted by Gasteiger charge is 2.40. The minimum atomic E-state index is -0.0549. The second-order valence-corrected chi connectivity index (χ2v) is 7.12. The van der Waals surface area contributed by atoms with Crippen LogP contribution < -0.4 is 15.1 Å². The SMILES string of the molecule is C[C@H]1[C@H](NC(=O)c2cccc(OOc3ccccc3)c2)C2CCN1CC2. The summed E-state index contributed by atoms with van der Waals surface area (Å²) in [6, 6.07) is 17.0. The summed E-state index contributed by atoms with van der Waals surface area (Å²) in [5.74, 6) is 1.65. The third-order valence-corrected chi connectivity index (χ3v) is 5.55. The van der Waals surface area contributed by atoms with Crippen LogP contribution in [0.25, 0.3) is 0 Å². The Bertz CT molecular complexity index is 755. The number of piperidine rings is 3. The van der Waals surface area contributed by atoms with E-state index in [1.54, 1.807) is 24.3 Å². The van der Waals surface area contributed by atoms with Gasteiger partial charge in [-0.15, -0.1) is 0 Å². The summed E-state index contributed by atoms with van der Waals surface area (Å²) in [4.78, 5) is 25.9. The van der Waals surface area contributed by atoms with E-state index < -0.39 is 0 Å². The van der Waals surface area contributed by atoms with Crippen molar-refractivity contribution < 1.29 is 14.6 Å². The zero-order chi connectivity index (χ0) is 17.9. The van der Waals surface area contributed by atoms with Crippen molar-refractivity contribution in [3.05, 3.63) is 60.2 Å². The highest BCUT2D eigenvalue weighted by molar-refractivity contribution is 5.94. The third kappa shape index (κ3) is 3.53. The van der Waals surface area contributed by atoms with Crippen LogP contribution in [-0.4, -0.2) is 36.0 Å². The van der Waals surface area contributed by atoms with Crippen LogP contribution >= 0.6 is 0 Å². The minimum Gasteiger partial charge on any atom is -0.347 e. The molecule has 5 heteroatoms. The van der Waals surface area contributed by atoms with Crippen LogP contribution in [-0.2, 0) is 0 Å². The zero-order valence-electron chi connectivity index (χ0n) is 14.9. The Morgan fingerprint density at radius 3 is 2.42 bits per heavy atom. The van der Waals surface area contributed by atoms with Gasteiger partial charge >= 0.3 is 0 Å². The largest absolute Gasteiger partial charge is 0.347 e. The fourth-order valence-corrected chi connectivity index (χ4v) is 4.04. The fraction of sp³-hybridized carbons (Fsp3) is 0.381. The van der Waals surface area contributed by atoms with Crippen LogP contribution in [0.4, 0.5) is 0 Å². The molecule has 2 bridgehead atoms. The second kappa shape index (κ2) is 7.38. The summed E-state index contributed by atoms with van der Waals surface area (Å²) in [6.07, 6.45) is 2.34. The Kier molecular flexibility index (Phi) is 4.80. The van der Waals surface area contributed by atoms with Gasteiger partial charge in [0.05, 0.1) is 0 Å². The van der Waals surface area contributed by atoms with E-state index in [1.807, 2.05) is 30.3 Å². The van der Waals surface area contributed by atoms with E-state index in [9.17, 15) is 4.79 Å². The molecule has 1 amide bonds. The molecule has 3 saturated heterocycles. The molecule has 3 heterocycles. The van der Waals surface area contributed by atoms with Gasteiger partial charge in [0.25, 0.3) is 5.91 Å². The normalized spacial score (nSPS) is 27.0. The van der Waals surface area contributed by atoms with Crippen molar-refractivity contribution in [1.82, 2.24) is 10.2 Å². The zero-order valence-corrected chi connectivity index (χ0v) is 14.9. The van der Waals surface area contributed by atoms with E-state index in [-0.39, 0.29) is 11.9 Å². The molecular weight excluding hydrogens is 328 g/mol. The maximum atomic E-state index is 12.7. The first-order chi connectivity index (χ1) is 12.7. The van der Waals surface area contributed by atoms with E-state index in [2.05, 4.69) is 17.1 Å². The Labute approximate surface area is 153 Å². The van der Waals surface area contributed by atoms with Crippen molar-refractivity contribution in [3.63, 3.8) is 0 Å². The van der Waals surface area contributed by atoms with Crippen LogP contribution in [0.1, 0.15) is 30.1 Å². The monoisotopic (exact) mass is 352 g/mol. The van der Waals surface area contributed by atoms with Crippen LogP contribution in [0, 0.1) is 5.92 Å². The van der Waals surface area contributed by atoms with Crippen molar-refractivity contribution in [3.8, 4) is 11.5 Å². The first kappa shape index (κ1) is 16.9. The molecular formula is C21H24N2O3. The third-order valence-electron chi connectivity index (χ3n) is 5.55. The molecule has 2 aromatic rings. The Morgan fingerprint density at radius 1 is 1.00 bits per heavy atom. The molecule has 0 aliphatic carbocycles. The number of nitrogens with one attached hydrogen (secondary N) is 1. The number of fused-ring (bicyclic) bond motifs is 3. The minimum absolute atomic E-state index is 0.0549. The first-order valence-corrected chi connectivity index (χ1v) is 9.25. The van der Waals surface area contributed by atoms with Gasteiger partial charge in [-0.3, -0.25) is 19.5 Å². The molecule has 2 atom stereocenters. The van der Waals surface area contributed by atoms with Gasteiger partial charge in [0.1, 0.15) is 0 Å². The number of nitrogens with zero attached hydrogens (tertiary/aromatic N) is 1. The Hall–Kier alpha value is -2.53. The van der Waals surface area contributed by atoms with Crippen molar-refractivity contribution in [2.45, 2.75) is 31.8 Å². The van der Waals surface area contributed by atoms with Gasteiger partial charge in [0.2, 0.25) is 0 Å². The van der Waals surface area contributed by atoms with E-state index in [0.717, 1.165) is 13.1 Å². The highest BCUT2D eigenvalue weighted by Crippen LogP contribution is 2.32. The topological polar surface area (TPSA) is 50.8 Å². The van der Waals surface area contributed by atoms with Crippen LogP contribution in [0.3, 0.4) is 0 Å². The van der Waals surface area contributed by atoms with E-state index >= 15 is 0 Å². The summed E-state index contributed by atoms with van der Waals surface area (Å²) in [5, 5.41) is 3.24. The molecule has 5 nitrogen and oxygen atoms in total. The maximum Gasteiger partial charge on any atom is 0.251 e. The van der Waals surface area contributed by atoms with E-state index in [1.165, 1.54) is 12.8 Å². The van der Waals surface area contributed by atoms with Gasteiger partial charge in [0.15, 0.2) is 11.5 Å². The Balaban J connectivity index is 1.40.